The second-order valence-corrected chi connectivity index (χ2v) is 15.2. The van der Waals surface area contributed by atoms with Gasteiger partial charge >= 0.3 is 7.60 Å². The molecule has 0 saturated carbocycles. The average molecular weight is 397 g/mol. The summed E-state index contributed by atoms with van der Waals surface area (Å²) in [6, 6.07) is 0. The summed E-state index contributed by atoms with van der Waals surface area (Å²) in [5, 5.41) is 10.2. The third-order valence-electron chi connectivity index (χ3n) is 5.05. The molecule has 0 amide bonds. The molecule has 0 aromatic heterocycles. The Bertz CT molecular complexity index is 455. The molecule has 0 radical (unpaired) electrons. The standard InChI is InChI=1S/C17H37O6PSi/c1-9-20-24(19,21-10-2)16(23-25(7,8)17(4,5)6)12-15-14(18)11-13(3)22-15/h13-16,18H,9-12H2,1-8H3/t13-,14-,15?,16-/m0/s1. The van der Waals surface area contributed by atoms with Gasteiger partial charge in [0.05, 0.1) is 31.5 Å². The summed E-state index contributed by atoms with van der Waals surface area (Å²) in [5.74, 6) is -0.738. The minimum absolute atomic E-state index is 0.0212. The highest BCUT2D eigenvalue weighted by molar-refractivity contribution is 7.54. The second-order valence-electron chi connectivity index (χ2n) is 8.23. The topological polar surface area (TPSA) is 74.2 Å². The van der Waals surface area contributed by atoms with Crippen LogP contribution in [-0.2, 0) is 22.8 Å². The lowest BCUT2D eigenvalue weighted by Gasteiger charge is -2.41. The lowest BCUT2D eigenvalue weighted by atomic mass is 10.1. The molecule has 6 nitrogen and oxygen atoms in total. The minimum Gasteiger partial charge on any atom is -0.403 e. The maximum atomic E-state index is 13.4. The summed E-state index contributed by atoms with van der Waals surface area (Å²) in [6.45, 7) is 16.7. The van der Waals surface area contributed by atoms with Gasteiger partial charge in [0.1, 0.15) is 0 Å². The summed E-state index contributed by atoms with van der Waals surface area (Å²) in [7, 11) is -5.69. The van der Waals surface area contributed by atoms with E-state index in [0.717, 1.165) is 0 Å². The van der Waals surface area contributed by atoms with Crippen LogP contribution in [0.15, 0.2) is 0 Å². The molecule has 1 saturated heterocycles. The highest BCUT2D eigenvalue weighted by atomic mass is 31.2. The van der Waals surface area contributed by atoms with Gasteiger partial charge in [-0.1, -0.05) is 20.8 Å². The fraction of sp³-hybridized carbons (Fsp3) is 1.00. The van der Waals surface area contributed by atoms with Gasteiger partial charge in [0.25, 0.3) is 0 Å². The molecule has 0 bridgehead atoms. The predicted molar refractivity (Wildman–Crippen MR) is 103 cm³/mol. The van der Waals surface area contributed by atoms with Gasteiger partial charge in [-0.2, -0.15) is 0 Å². The van der Waals surface area contributed by atoms with Gasteiger partial charge in [0.15, 0.2) is 14.2 Å². The number of hydrogen-bond donors (Lipinski definition) is 1. The quantitative estimate of drug-likeness (QED) is 0.456. The highest BCUT2D eigenvalue weighted by Crippen LogP contribution is 2.57. The second kappa shape index (κ2) is 8.96. The van der Waals surface area contributed by atoms with Crippen molar-refractivity contribution in [1.82, 2.24) is 0 Å². The van der Waals surface area contributed by atoms with E-state index in [-0.39, 0.29) is 24.4 Å². The largest absolute Gasteiger partial charge is 0.403 e. The molecule has 8 heteroatoms. The van der Waals surface area contributed by atoms with Crippen molar-refractivity contribution in [2.24, 2.45) is 0 Å². The summed E-state index contributed by atoms with van der Waals surface area (Å²) in [6.07, 6.45) is -0.149. The van der Waals surface area contributed by atoms with Crippen LogP contribution in [0.1, 0.15) is 54.4 Å². The van der Waals surface area contributed by atoms with Gasteiger partial charge in [-0.3, -0.25) is 4.57 Å². The Morgan fingerprint density at radius 3 is 2.12 bits per heavy atom. The zero-order chi connectivity index (χ0) is 19.5. The van der Waals surface area contributed by atoms with Crippen molar-refractivity contribution in [2.45, 2.75) is 96.7 Å². The Kier molecular flexibility index (Phi) is 8.34. The van der Waals surface area contributed by atoms with Gasteiger partial charge in [0, 0.05) is 12.8 Å². The van der Waals surface area contributed by atoms with Crippen LogP contribution in [0.5, 0.6) is 0 Å². The Balaban J connectivity index is 3.10. The first kappa shape index (κ1) is 23.3. The third-order valence-corrected chi connectivity index (χ3v) is 12.0. The van der Waals surface area contributed by atoms with Crippen LogP contribution in [0.25, 0.3) is 0 Å². The Hall–Kier alpha value is 0.247. The van der Waals surface area contributed by atoms with E-state index >= 15 is 0 Å². The van der Waals surface area contributed by atoms with Crippen LogP contribution < -0.4 is 0 Å². The summed E-state index contributed by atoms with van der Waals surface area (Å²) in [5.41, 5.74) is 0. The molecule has 1 rings (SSSR count). The van der Waals surface area contributed by atoms with E-state index in [1.54, 1.807) is 13.8 Å². The highest BCUT2D eigenvalue weighted by Gasteiger charge is 2.48. The summed E-state index contributed by atoms with van der Waals surface area (Å²) < 4.78 is 36.8. The van der Waals surface area contributed by atoms with Crippen molar-refractivity contribution >= 4 is 15.9 Å². The molecule has 0 aliphatic carbocycles. The van der Waals surface area contributed by atoms with Crippen LogP contribution in [0.4, 0.5) is 0 Å². The van der Waals surface area contributed by atoms with Crippen LogP contribution >= 0.6 is 7.60 Å². The minimum atomic E-state index is -3.47. The maximum absolute atomic E-state index is 13.4. The zero-order valence-corrected chi connectivity index (χ0v) is 19.0. The van der Waals surface area contributed by atoms with E-state index in [1.165, 1.54) is 0 Å². The molecular formula is C17H37O6PSi. The molecule has 0 aromatic rings. The molecule has 1 heterocycles. The van der Waals surface area contributed by atoms with Crippen molar-refractivity contribution < 1.29 is 27.9 Å². The van der Waals surface area contributed by atoms with E-state index in [1.807, 2.05) is 6.92 Å². The predicted octanol–water partition coefficient (Wildman–Crippen LogP) is 4.53. The van der Waals surface area contributed by atoms with E-state index in [0.29, 0.717) is 12.8 Å². The molecule has 4 atom stereocenters. The fourth-order valence-corrected chi connectivity index (χ4v) is 6.70. The zero-order valence-electron chi connectivity index (χ0n) is 17.1. The fourth-order valence-electron chi connectivity index (χ4n) is 2.67. The summed E-state index contributed by atoms with van der Waals surface area (Å²) >= 11 is 0. The Morgan fingerprint density at radius 2 is 1.76 bits per heavy atom. The first-order valence-electron chi connectivity index (χ1n) is 9.26. The first-order chi connectivity index (χ1) is 11.4. The molecule has 1 fully saturated rings. The van der Waals surface area contributed by atoms with Crippen molar-refractivity contribution in [2.75, 3.05) is 13.2 Å². The van der Waals surface area contributed by atoms with Gasteiger partial charge in [0.2, 0.25) is 0 Å². The van der Waals surface area contributed by atoms with Crippen molar-refractivity contribution in [3.63, 3.8) is 0 Å². The van der Waals surface area contributed by atoms with Gasteiger partial charge in [-0.05, 0) is 38.9 Å². The Labute approximate surface area is 154 Å². The maximum Gasteiger partial charge on any atom is 0.358 e. The van der Waals surface area contributed by atoms with Crippen LogP contribution in [0.2, 0.25) is 18.1 Å². The monoisotopic (exact) mass is 396 g/mol. The molecule has 1 aliphatic rings. The Morgan fingerprint density at radius 1 is 1.24 bits per heavy atom. The molecule has 1 N–H and O–H groups in total. The van der Waals surface area contributed by atoms with Crippen molar-refractivity contribution in [3.05, 3.63) is 0 Å². The van der Waals surface area contributed by atoms with Crippen molar-refractivity contribution in [1.29, 1.82) is 0 Å². The van der Waals surface area contributed by atoms with E-state index < -0.39 is 34.0 Å². The van der Waals surface area contributed by atoms with E-state index in [4.69, 9.17) is 18.2 Å². The van der Waals surface area contributed by atoms with E-state index in [2.05, 4.69) is 33.9 Å². The van der Waals surface area contributed by atoms with E-state index in [9.17, 15) is 9.67 Å². The molecule has 25 heavy (non-hydrogen) atoms. The van der Waals surface area contributed by atoms with Crippen LogP contribution in [0.3, 0.4) is 0 Å². The third kappa shape index (κ3) is 6.13. The molecule has 1 aliphatic heterocycles. The normalized spacial score (nSPS) is 26.8. The smallest absolute Gasteiger partial charge is 0.358 e. The number of hydrogen-bond acceptors (Lipinski definition) is 6. The van der Waals surface area contributed by atoms with Gasteiger partial charge < -0.3 is 23.3 Å². The lowest BCUT2D eigenvalue weighted by molar-refractivity contribution is -0.00613. The summed E-state index contributed by atoms with van der Waals surface area (Å²) in [4.78, 5) is 0. The average Bonchev–Trinajstić information content (AvgIpc) is 2.75. The molecular weight excluding hydrogens is 359 g/mol. The molecule has 1 unspecified atom stereocenters. The lowest BCUT2D eigenvalue weighted by Crippen LogP contribution is -2.45. The van der Waals surface area contributed by atoms with Gasteiger partial charge in [-0.15, -0.1) is 0 Å². The number of ether oxygens (including phenoxy) is 1. The first-order valence-corrected chi connectivity index (χ1v) is 13.8. The molecule has 0 spiro atoms. The van der Waals surface area contributed by atoms with Crippen molar-refractivity contribution in [3.8, 4) is 0 Å². The number of aliphatic hydroxyl groups is 1. The van der Waals surface area contributed by atoms with Gasteiger partial charge in [-0.25, -0.2) is 0 Å². The molecule has 150 valence electrons. The number of rotatable bonds is 9. The number of aliphatic hydroxyl groups excluding tert-OH is 1. The van der Waals surface area contributed by atoms with Crippen LogP contribution in [0, 0.1) is 0 Å². The molecule has 0 aromatic carbocycles. The SMILES string of the molecule is CCOP(=O)(OCC)[C@@H](CC1O[C@@H](C)C[C@@H]1O)O[Si](C)(C)C(C)(C)C. The van der Waals surface area contributed by atoms with Crippen LogP contribution in [-0.4, -0.2) is 50.8 Å².